The van der Waals surface area contributed by atoms with Crippen molar-refractivity contribution >= 4 is 32.6 Å². The molecule has 2 N–H and O–H groups in total. The lowest BCUT2D eigenvalue weighted by Gasteiger charge is -2.15. The zero-order valence-electron chi connectivity index (χ0n) is 16.6. The molecule has 7 nitrogen and oxygen atoms in total. The molecular weight excluding hydrogens is 396 g/mol. The van der Waals surface area contributed by atoms with Gasteiger partial charge in [0, 0.05) is 30.5 Å². The van der Waals surface area contributed by atoms with E-state index in [1.54, 1.807) is 40.4 Å². The normalized spacial score (nSPS) is 18.6. The summed E-state index contributed by atoms with van der Waals surface area (Å²) in [5.74, 6) is 0.827. The van der Waals surface area contributed by atoms with Crippen molar-refractivity contribution in [2.75, 3.05) is 10.6 Å². The quantitative estimate of drug-likeness (QED) is 0.510. The van der Waals surface area contributed by atoms with Gasteiger partial charge >= 0.3 is 0 Å². The number of anilines is 2. The molecule has 1 aliphatic carbocycles. The average molecular weight is 419 g/mol. The SMILES string of the molecule is Cc1cnc2sc(N[C@H]3CCC(Nc4ccc(-n5ccccc5=O)cn4)C3)nc2c1. The molecule has 4 aromatic rings. The van der Waals surface area contributed by atoms with Crippen LogP contribution in [0.5, 0.6) is 0 Å². The third-order valence-corrected chi connectivity index (χ3v) is 6.26. The third kappa shape index (κ3) is 3.91. The third-order valence-electron chi connectivity index (χ3n) is 5.35. The largest absolute Gasteiger partial charge is 0.367 e. The van der Waals surface area contributed by atoms with Crippen molar-refractivity contribution in [3.05, 3.63) is 70.9 Å². The van der Waals surface area contributed by atoms with Gasteiger partial charge in [0.05, 0.1) is 11.9 Å². The molecule has 4 aromatic heterocycles. The van der Waals surface area contributed by atoms with Crippen LogP contribution in [0.1, 0.15) is 24.8 Å². The highest BCUT2D eigenvalue weighted by molar-refractivity contribution is 7.21. The maximum atomic E-state index is 11.9. The van der Waals surface area contributed by atoms with Gasteiger partial charge in [0.2, 0.25) is 0 Å². The molecule has 152 valence electrons. The van der Waals surface area contributed by atoms with Crippen LogP contribution in [0.3, 0.4) is 0 Å². The summed E-state index contributed by atoms with van der Waals surface area (Å²) in [5, 5.41) is 8.02. The second-order valence-corrected chi connectivity index (χ2v) is 8.64. The Labute approximate surface area is 177 Å². The van der Waals surface area contributed by atoms with Crippen molar-refractivity contribution in [2.45, 2.75) is 38.3 Å². The molecule has 1 fully saturated rings. The van der Waals surface area contributed by atoms with Gasteiger partial charge in [-0.15, -0.1) is 0 Å². The van der Waals surface area contributed by atoms with E-state index in [4.69, 9.17) is 0 Å². The Kier molecular flexibility index (Phi) is 4.92. The number of aromatic nitrogens is 4. The van der Waals surface area contributed by atoms with Crippen molar-refractivity contribution in [1.82, 2.24) is 19.5 Å². The summed E-state index contributed by atoms with van der Waals surface area (Å²) in [6.45, 7) is 2.03. The molecule has 1 saturated carbocycles. The lowest BCUT2D eigenvalue weighted by molar-refractivity contribution is 0.722. The number of thiazole rings is 1. The summed E-state index contributed by atoms with van der Waals surface area (Å²) in [7, 11) is 0. The van der Waals surface area contributed by atoms with Crippen LogP contribution in [0.2, 0.25) is 0 Å². The lowest BCUT2D eigenvalue weighted by atomic mass is 10.2. The summed E-state index contributed by atoms with van der Waals surface area (Å²) in [5.41, 5.74) is 2.78. The van der Waals surface area contributed by atoms with Gasteiger partial charge in [0.15, 0.2) is 5.13 Å². The van der Waals surface area contributed by atoms with Gasteiger partial charge in [-0.2, -0.15) is 0 Å². The van der Waals surface area contributed by atoms with Gasteiger partial charge in [-0.05, 0) is 56.0 Å². The lowest BCUT2D eigenvalue weighted by Crippen LogP contribution is -2.21. The maximum Gasteiger partial charge on any atom is 0.255 e. The van der Waals surface area contributed by atoms with Crippen molar-refractivity contribution in [3.63, 3.8) is 0 Å². The van der Waals surface area contributed by atoms with Crippen LogP contribution in [0, 0.1) is 6.92 Å². The van der Waals surface area contributed by atoms with E-state index in [0.717, 1.165) is 51.8 Å². The molecule has 4 heterocycles. The van der Waals surface area contributed by atoms with Crippen LogP contribution in [0.25, 0.3) is 16.0 Å². The first-order valence-corrected chi connectivity index (χ1v) is 10.9. The fourth-order valence-electron chi connectivity index (χ4n) is 3.87. The van der Waals surface area contributed by atoms with Crippen LogP contribution in [-0.2, 0) is 0 Å². The van der Waals surface area contributed by atoms with E-state index < -0.39 is 0 Å². The van der Waals surface area contributed by atoms with Crippen molar-refractivity contribution in [3.8, 4) is 5.69 Å². The highest BCUT2D eigenvalue weighted by Gasteiger charge is 2.25. The fraction of sp³-hybridized carbons (Fsp3) is 0.273. The summed E-state index contributed by atoms with van der Waals surface area (Å²) < 4.78 is 1.58. The van der Waals surface area contributed by atoms with Crippen LogP contribution in [0.15, 0.2) is 59.8 Å². The highest BCUT2D eigenvalue weighted by Crippen LogP contribution is 2.29. The van der Waals surface area contributed by atoms with Crippen molar-refractivity contribution in [1.29, 1.82) is 0 Å². The smallest absolute Gasteiger partial charge is 0.255 e. The number of hydrogen-bond donors (Lipinski definition) is 2. The Hall–Kier alpha value is -3.26. The molecule has 0 aromatic carbocycles. The number of rotatable bonds is 5. The van der Waals surface area contributed by atoms with Gasteiger partial charge in [-0.3, -0.25) is 9.36 Å². The minimum absolute atomic E-state index is 0.0649. The van der Waals surface area contributed by atoms with Crippen LogP contribution >= 0.6 is 11.3 Å². The summed E-state index contributed by atoms with van der Waals surface area (Å²) >= 11 is 1.60. The molecule has 1 aliphatic rings. The zero-order valence-corrected chi connectivity index (χ0v) is 17.4. The molecule has 0 bridgehead atoms. The van der Waals surface area contributed by atoms with Crippen LogP contribution in [0.4, 0.5) is 10.9 Å². The molecule has 0 saturated heterocycles. The highest BCUT2D eigenvalue weighted by atomic mass is 32.1. The zero-order chi connectivity index (χ0) is 20.5. The van der Waals surface area contributed by atoms with Crippen molar-refractivity contribution in [2.24, 2.45) is 0 Å². The minimum Gasteiger partial charge on any atom is -0.367 e. The molecule has 0 radical (unpaired) electrons. The predicted molar refractivity (Wildman–Crippen MR) is 121 cm³/mol. The van der Waals surface area contributed by atoms with E-state index in [1.165, 1.54) is 0 Å². The molecule has 1 unspecified atom stereocenters. The van der Waals surface area contributed by atoms with E-state index in [9.17, 15) is 4.79 Å². The number of hydrogen-bond acceptors (Lipinski definition) is 7. The molecule has 5 rings (SSSR count). The van der Waals surface area contributed by atoms with E-state index in [-0.39, 0.29) is 5.56 Å². The van der Waals surface area contributed by atoms with Gasteiger partial charge in [0.25, 0.3) is 5.56 Å². The van der Waals surface area contributed by atoms with E-state index >= 15 is 0 Å². The molecule has 0 amide bonds. The predicted octanol–water partition coefficient (Wildman–Crippen LogP) is 3.99. The van der Waals surface area contributed by atoms with Gasteiger partial charge in [-0.1, -0.05) is 17.4 Å². The molecule has 2 atom stereocenters. The molecule has 30 heavy (non-hydrogen) atoms. The first kappa shape index (κ1) is 18.7. The van der Waals surface area contributed by atoms with E-state index in [2.05, 4.69) is 31.7 Å². The Morgan fingerprint density at radius 1 is 1.07 bits per heavy atom. The molecular formula is C22H22N6OS. The van der Waals surface area contributed by atoms with Crippen LogP contribution in [-0.4, -0.2) is 31.6 Å². The average Bonchev–Trinajstić information content (AvgIpc) is 3.35. The molecule has 8 heteroatoms. The van der Waals surface area contributed by atoms with Crippen molar-refractivity contribution < 1.29 is 0 Å². The number of nitrogens with zero attached hydrogens (tertiary/aromatic N) is 4. The minimum atomic E-state index is -0.0649. The van der Waals surface area contributed by atoms with E-state index in [0.29, 0.717) is 12.1 Å². The molecule has 0 aliphatic heterocycles. The van der Waals surface area contributed by atoms with Gasteiger partial charge in [-0.25, -0.2) is 15.0 Å². The number of nitrogens with one attached hydrogen (secondary N) is 2. The standard InChI is InChI=1S/C22H22N6OS/c1-14-10-18-21(24-12-14)30-22(27-18)26-16-6-5-15(11-16)25-19-8-7-17(13-23-19)28-9-3-2-4-20(28)29/h2-4,7-10,12-13,15-16H,5-6,11H2,1H3,(H,23,25)(H,26,27)/t15?,16-/m0/s1. The second kappa shape index (κ2) is 7.87. The summed E-state index contributed by atoms with van der Waals surface area (Å²) in [6, 6.07) is 11.8. The topological polar surface area (TPSA) is 84.7 Å². The fourth-order valence-corrected chi connectivity index (χ4v) is 4.73. The number of pyridine rings is 3. The first-order chi connectivity index (χ1) is 14.6. The molecule has 0 spiro atoms. The van der Waals surface area contributed by atoms with Gasteiger partial charge in [0.1, 0.15) is 16.2 Å². The number of aryl methyl sites for hydroxylation is 1. The Balaban J connectivity index is 1.21. The summed E-state index contributed by atoms with van der Waals surface area (Å²) in [4.78, 5) is 26.5. The van der Waals surface area contributed by atoms with Gasteiger partial charge < -0.3 is 10.6 Å². The Morgan fingerprint density at radius 3 is 2.73 bits per heavy atom. The second-order valence-electron chi connectivity index (χ2n) is 7.66. The Morgan fingerprint density at radius 2 is 1.93 bits per heavy atom. The maximum absolute atomic E-state index is 11.9. The number of fused-ring (bicyclic) bond motifs is 1. The Bertz CT molecular complexity index is 1230. The van der Waals surface area contributed by atoms with E-state index in [1.807, 2.05) is 31.3 Å². The van der Waals surface area contributed by atoms with Crippen LogP contribution < -0.4 is 16.2 Å². The monoisotopic (exact) mass is 418 g/mol. The first-order valence-electron chi connectivity index (χ1n) is 10.0. The summed E-state index contributed by atoms with van der Waals surface area (Å²) in [6.07, 6.45) is 8.51.